The summed E-state index contributed by atoms with van der Waals surface area (Å²) in [5, 5.41) is 9.68. The lowest BCUT2D eigenvalue weighted by atomic mass is 10.1. The number of aromatic nitrogens is 2. The third-order valence-electron chi connectivity index (χ3n) is 4.66. The van der Waals surface area contributed by atoms with E-state index in [1.165, 1.54) is 18.4 Å². The lowest BCUT2D eigenvalue weighted by molar-refractivity contribution is -0.113. The molecule has 1 aliphatic rings. The topological polar surface area (TPSA) is 128 Å². The molecule has 0 radical (unpaired) electrons. The standard InChI is InChI=1S/C19H16ClN3O6S2/c1-28-18(25)15-11-6-4-8-13(11)30-17(15)21-14(24)9-31(26,27)19-23-22-16(29-19)10-5-2-3-7-12(10)20/h2-3,5,7H,4,6,8-9H2,1H3,(H,21,24). The van der Waals surface area contributed by atoms with Crippen molar-refractivity contribution in [1.82, 2.24) is 10.2 Å². The number of amides is 1. The number of benzene rings is 1. The third kappa shape index (κ3) is 4.21. The number of ether oxygens (including phenoxy) is 1. The third-order valence-corrected chi connectivity index (χ3v) is 7.54. The monoisotopic (exact) mass is 481 g/mol. The number of carbonyl (C=O) groups is 2. The first-order valence-electron chi connectivity index (χ1n) is 9.14. The molecule has 0 fully saturated rings. The summed E-state index contributed by atoms with van der Waals surface area (Å²) >= 11 is 7.31. The van der Waals surface area contributed by atoms with E-state index in [-0.39, 0.29) is 16.5 Å². The average molecular weight is 482 g/mol. The number of hydrogen-bond acceptors (Lipinski definition) is 9. The van der Waals surface area contributed by atoms with E-state index >= 15 is 0 Å². The van der Waals surface area contributed by atoms with Crippen molar-refractivity contribution in [2.45, 2.75) is 24.5 Å². The summed E-state index contributed by atoms with van der Waals surface area (Å²) in [4.78, 5) is 25.6. The number of carbonyl (C=O) groups excluding carboxylic acids is 2. The molecule has 3 aromatic rings. The van der Waals surface area contributed by atoms with E-state index in [9.17, 15) is 18.0 Å². The molecular weight excluding hydrogens is 466 g/mol. The molecule has 2 aromatic heterocycles. The molecule has 0 unspecified atom stereocenters. The number of nitrogens with zero attached hydrogens (tertiary/aromatic N) is 2. The number of rotatable bonds is 6. The summed E-state index contributed by atoms with van der Waals surface area (Å²) in [5.74, 6) is -2.41. The van der Waals surface area contributed by atoms with E-state index < -0.39 is 32.7 Å². The predicted molar refractivity (Wildman–Crippen MR) is 113 cm³/mol. The zero-order chi connectivity index (χ0) is 22.2. The largest absolute Gasteiger partial charge is 0.465 e. The van der Waals surface area contributed by atoms with E-state index in [0.717, 1.165) is 23.3 Å². The Hall–Kier alpha value is -2.76. The fourth-order valence-electron chi connectivity index (χ4n) is 3.29. The second-order valence-corrected chi connectivity index (χ2v) is 10.1. The molecule has 0 saturated carbocycles. The van der Waals surface area contributed by atoms with Crippen molar-refractivity contribution in [1.29, 1.82) is 0 Å². The first-order valence-corrected chi connectivity index (χ1v) is 12.0. The van der Waals surface area contributed by atoms with Crippen molar-refractivity contribution in [3.05, 3.63) is 45.3 Å². The van der Waals surface area contributed by atoms with Gasteiger partial charge in [-0.2, -0.15) is 0 Å². The van der Waals surface area contributed by atoms with E-state index in [0.29, 0.717) is 17.0 Å². The highest BCUT2D eigenvalue weighted by molar-refractivity contribution is 7.91. The number of hydrogen-bond donors (Lipinski definition) is 1. The van der Waals surface area contributed by atoms with Crippen LogP contribution in [-0.2, 0) is 32.2 Å². The molecule has 2 heterocycles. The molecule has 0 atom stereocenters. The Morgan fingerprint density at radius 1 is 1.26 bits per heavy atom. The number of fused-ring (bicyclic) bond motifs is 1. The molecule has 1 aliphatic carbocycles. The Balaban J connectivity index is 1.53. The number of anilines is 1. The lowest BCUT2D eigenvalue weighted by Crippen LogP contribution is -2.24. The van der Waals surface area contributed by atoms with E-state index in [4.69, 9.17) is 20.8 Å². The summed E-state index contributed by atoms with van der Waals surface area (Å²) < 4.78 is 35.3. The first kappa shape index (κ1) is 21.5. The minimum absolute atomic E-state index is 0.0766. The van der Waals surface area contributed by atoms with Gasteiger partial charge in [0.2, 0.25) is 21.6 Å². The minimum atomic E-state index is -4.22. The van der Waals surface area contributed by atoms with E-state index in [1.54, 1.807) is 24.3 Å². The molecule has 31 heavy (non-hydrogen) atoms. The number of aryl methyl sites for hydroxylation is 1. The number of nitrogens with one attached hydrogen (secondary N) is 1. The van der Waals surface area contributed by atoms with Gasteiger partial charge in [0.1, 0.15) is 10.8 Å². The molecule has 4 rings (SSSR count). The van der Waals surface area contributed by atoms with Gasteiger partial charge >= 0.3 is 11.2 Å². The van der Waals surface area contributed by atoms with E-state index in [2.05, 4.69) is 15.5 Å². The quantitative estimate of drug-likeness (QED) is 0.531. The summed E-state index contributed by atoms with van der Waals surface area (Å²) in [6.45, 7) is 0. The van der Waals surface area contributed by atoms with Crippen LogP contribution in [0, 0.1) is 0 Å². The Bertz CT molecular complexity index is 1280. The molecule has 162 valence electrons. The van der Waals surface area contributed by atoms with Gasteiger partial charge in [0.25, 0.3) is 0 Å². The second kappa shape index (κ2) is 8.40. The van der Waals surface area contributed by atoms with Crippen LogP contribution < -0.4 is 5.32 Å². The van der Waals surface area contributed by atoms with Gasteiger partial charge in [-0.1, -0.05) is 28.8 Å². The molecule has 9 nitrogen and oxygen atoms in total. The van der Waals surface area contributed by atoms with Crippen LogP contribution in [0.25, 0.3) is 11.5 Å². The number of halogens is 1. The summed E-state index contributed by atoms with van der Waals surface area (Å²) in [6, 6.07) is 6.58. The van der Waals surface area contributed by atoms with Crippen molar-refractivity contribution < 1.29 is 27.2 Å². The van der Waals surface area contributed by atoms with Crippen LogP contribution in [0.4, 0.5) is 5.00 Å². The van der Waals surface area contributed by atoms with Gasteiger partial charge in [0.15, 0.2) is 0 Å². The summed E-state index contributed by atoms with van der Waals surface area (Å²) in [7, 11) is -2.97. The Morgan fingerprint density at radius 3 is 2.77 bits per heavy atom. The normalized spacial score (nSPS) is 13.1. The second-order valence-electron chi connectivity index (χ2n) is 6.71. The molecule has 12 heteroatoms. The van der Waals surface area contributed by atoms with Crippen LogP contribution in [-0.4, -0.2) is 43.4 Å². The van der Waals surface area contributed by atoms with Crippen LogP contribution >= 0.6 is 22.9 Å². The zero-order valence-corrected chi connectivity index (χ0v) is 18.6. The predicted octanol–water partition coefficient (Wildman–Crippen LogP) is 3.14. The SMILES string of the molecule is COC(=O)c1c(NC(=O)CS(=O)(=O)c2nnc(-c3ccccc3Cl)o2)sc2c1CCC2. The van der Waals surface area contributed by atoms with Crippen LogP contribution in [0.1, 0.15) is 27.2 Å². The summed E-state index contributed by atoms with van der Waals surface area (Å²) in [5.41, 5.74) is 1.50. The Labute approximate surface area is 186 Å². The molecule has 1 N–H and O–H groups in total. The highest BCUT2D eigenvalue weighted by Crippen LogP contribution is 2.39. The van der Waals surface area contributed by atoms with Crippen molar-refractivity contribution in [2.75, 3.05) is 18.2 Å². The minimum Gasteiger partial charge on any atom is -0.465 e. The highest BCUT2D eigenvalue weighted by atomic mass is 35.5. The molecular formula is C19H16ClN3O6S2. The Morgan fingerprint density at radius 2 is 2.03 bits per heavy atom. The van der Waals surface area contributed by atoms with Crippen LogP contribution in [0.3, 0.4) is 0 Å². The van der Waals surface area contributed by atoms with Crippen LogP contribution in [0.2, 0.25) is 5.02 Å². The van der Waals surface area contributed by atoms with Crippen molar-refractivity contribution in [3.63, 3.8) is 0 Å². The Kier molecular flexibility index (Phi) is 5.82. The van der Waals surface area contributed by atoms with Crippen LogP contribution in [0.15, 0.2) is 33.9 Å². The van der Waals surface area contributed by atoms with Gasteiger partial charge in [-0.15, -0.1) is 16.4 Å². The fraction of sp³-hybridized carbons (Fsp3) is 0.263. The van der Waals surface area contributed by atoms with Gasteiger partial charge in [0, 0.05) is 4.88 Å². The van der Waals surface area contributed by atoms with Crippen molar-refractivity contribution in [2.24, 2.45) is 0 Å². The maximum Gasteiger partial charge on any atom is 0.341 e. The highest BCUT2D eigenvalue weighted by Gasteiger charge is 2.31. The van der Waals surface area contributed by atoms with Gasteiger partial charge in [-0.05, 0) is 37.0 Å². The number of methoxy groups -OCH3 is 1. The van der Waals surface area contributed by atoms with Gasteiger partial charge < -0.3 is 14.5 Å². The average Bonchev–Trinajstić information content (AvgIpc) is 3.43. The summed E-state index contributed by atoms with van der Waals surface area (Å²) in [6.07, 6.45) is 2.42. The number of esters is 1. The maximum atomic E-state index is 12.6. The first-order chi connectivity index (χ1) is 14.8. The molecule has 1 amide bonds. The number of sulfone groups is 1. The maximum absolute atomic E-state index is 12.6. The van der Waals surface area contributed by atoms with Gasteiger partial charge in [0.05, 0.1) is 23.3 Å². The molecule has 0 saturated heterocycles. The molecule has 0 bridgehead atoms. The van der Waals surface area contributed by atoms with Crippen molar-refractivity contribution in [3.8, 4) is 11.5 Å². The molecule has 1 aromatic carbocycles. The lowest BCUT2D eigenvalue weighted by Gasteiger charge is -2.06. The van der Waals surface area contributed by atoms with E-state index in [1.807, 2.05) is 0 Å². The zero-order valence-electron chi connectivity index (χ0n) is 16.2. The fourth-order valence-corrected chi connectivity index (χ4v) is 5.71. The van der Waals surface area contributed by atoms with Gasteiger partial charge in [-0.3, -0.25) is 4.79 Å². The smallest absolute Gasteiger partial charge is 0.341 e. The van der Waals surface area contributed by atoms with Crippen LogP contribution in [0.5, 0.6) is 0 Å². The number of thiophene rings is 1. The van der Waals surface area contributed by atoms with Gasteiger partial charge in [-0.25, -0.2) is 13.2 Å². The van der Waals surface area contributed by atoms with Crippen molar-refractivity contribution >= 4 is 49.7 Å². The molecule has 0 aliphatic heterocycles. The molecule has 0 spiro atoms.